The van der Waals surface area contributed by atoms with Gasteiger partial charge in [0.1, 0.15) is 22.5 Å². The zero-order valence-corrected chi connectivity index (χ0v) is 25.8. The number of halogens is 2. The molecule has 0 aliphatic carbocycles. The number of hydrogen-bond acceptors (Lipinski definition) is 9. The maximum Gasteiger partial charge on any atom is 0.338 e. The van der Waals surface area contributed by atoms with Crippen LogP contribution in [-0.4, -0.2) is 29.7 Å². The molecule has 224 valence electrons. The smallest absolute Gasteiger partial charge is 0.338 e. The van der Waals surface area contributed by atoms with E-state index >= 15 is 0 Å². The molecule has 1 aliphatic rings. The third-order valence-electron chi connectivity index (χ3n) is 7.05. The molecule has 5 rings (SSSR count). The van der Waals surface area contributed by atoms with E-state index in [0.717, 1.165) is 22.9 Å². The van der Waals surface area contributed by atoms with Crippen molar-refractivity contribution in [2.24, 2.45) is 4.99 Å². The van der Waals surface area contributed by atoms with Gasteiger partial charge in [0.15, 0.2) is 4.80 Å². The summed E-state index contributed by atoms with van der Waals surface area (Å²) in [6.07, 6.45) is -1.03. The Balaban J connectivity index is 1.56. The molecule has 0 fully saturated rings. The number of aromatic nitrogens is 2. The summed E-state index contributed by atoms with van der Waals surface area (Å²) in [5.41, 5.74) is 2.88. The van der Waals surface area contributed by atoms with Gasteiger partial charge in [0.25, 0.3) is 12.0 Å². The molecule has 0 bridgehead atoms. The van der Waals surface area contributed by atoms with Crippen molar-refractivity contribution in [3.05, 3.63) is 119 Å². The van der Waals surface area contributed by atoms with Crippen LogP contribution in [0.5, 0.6) is 5.75 Å². The largest absolute Gasteiger partial charge is 0.496 e. The molecule has 44 heavy (non-hydrogen) atoms. The first-order valence-electron chi connectivity index (χ1n) is 13.3. The molecule has 0 saturated carbocycles. The number of pyridine rings is 1. The van der Waals surface area contributed by atoms with Crippen LogP contribution in [0.15, 0.2) is 80.7 Å². The molecular weight excluding hydrogens is 607 g/mol. The van der Waals surface area contributed by atoms with Crippen molar-refractivity contribution in [3.63, 3.8) is 0 Å². The van der Waals surface area contributed by atoms with Crippen LogP contribution in [0.3, 0.4) is 0 Å². The predicted molar refractivity (Wildman–Crippen MR) is 163 cm³/mol. The fourth-order valence-electron chi connectivity index (χ4n) is 4.96. The lowest BCUT2D eigenvalue weighted by Crippen LogP contribution is -2.39. The first-order chi connectivity index (χ1) is 21.2. The molecule has 0 N–H and O–H groups in total. The maximum absolute atomic E-state index is 13.9. The monoisotopic (exact) mass is 632 g/mol. The first kappa shape index (κ1) is 30.8. The maximum atomic E-state index is 13.9. The number of benzene rings is 2. The minimum absolute atomic E-state index is 0.209. The van der Waals surface area contributed by atoms with Crippen molar-refractivity contribution in [1.82, 2.24) is 9.55 Å². The molecule has 8 nitrogen and oxygen atoms in total. The second-order valence-corrected chi connectivity index (χ2v) is 11.8. The molecule has 1 aliphatic heterocycles. The standard InChI is InChI=1S/C32H26F2N4O4S2/c1-17-12-23(28(33)34)37-29(22(17)15-35)43-16-21-13-19(10-11-24(21)41-3)14-25-30(39)38-27(20-8-6-5-7-9-20)26(31(40)42-4)18(2)36-32(38)44-25/h5-14,27-28H,16H2,1-4H3/b25-14-. The minimum atomic E-state index is -2.76. The number of alkyl halides is 2. The number of carbonyl (C=O) groups excluding carboxylic acids is 1. The molecule has 0 amide bonds. The number of ether oxygens (including phenoxy) is 2. The third kappa shape index (κ3) is 5.93. The van der Waals surface area contributed by atoms with Gasteiger partial charge in [-0.3, -0.25) is 9.36 Å². The number of thioether (sulfide) groups is 1. The number of allylic oxidation sites excluding steroid dienone is 1. The van der Waals surface area contributed by atoms with E-state index in [9.17, 15) is 23.6 Å². The number of esters is 1. The molecule has 3 heterocycles. The van der Waals surface area contributed by atoms with Crippen molar-refractivity contribution in [1.29, 1.82) is 5.26 Å². The normalized spacial score (nSPS) is 14.7. The molecular formula is C32H26F2N4O4S2. The fraction of sp³-hybridized carbons (Fsp3) is 0.219. The summed E-state index contributed by atoms with van der Waals surface area (Å²) < 4.78 is 39.3. The van der Waals surface area contributed by atoms with E-state index < -0.39 is 18.4 Å². The Kier molecular flexibility index (Phi) is 9.08. The van der Waals surface area contributed by atoms with Gasteiger partial charge in [-0.1, -0.05) is 47.7 Å². The van der Waals surface area contributed by atoms with E-state index in [4.69, 9.17) is 9.47 Å². The van der Waals surface area contributed by atoms with Crippen LogP contribution < -0.4 is 19.6 Å². The molecule has 4 aromatic rings. The van der Waals surface area contributed by atoms with E-state index in [1.807, 2.05) is 36.4 Å². The number of fused-ring (bicyclic) bond motifs is 1. The second-order valence-electron chi connectivity index (χ2n) is 9.80. The summed E-state index contributed by atoms with van der Waals surface area (Å²) in [4.78, 5) is 35.7. The van der Waals surface area contributed by atoms with Crippen LogP contribution in [0.25, 0.3) is 6.08 Å². The minimum Gasteiger partial charge on any atom is -0.496 e. The Morgan fingerprint density at radius 1 is 1.18 bits per heavy atom. The zero-order valence-electron chi connectivity index (χ0n) is 24.1. The summed E-state index contributed by atoms with van der Waals surface area (Å²) in [5.74, 6) is 0.268. The summed E-state index contributed by atoms with van der Waals surface area (Å²) in [5, 5.41) is 9.82. The van der Waals surface area contributed by atoms with Gasteiger partial charge in [-0.15, -0.1) is 11.8 Å². The highest BCUT2D eigenvalue weighted by Crippen LogP contribution is 2.33. The highest BCUT2D eigenvalue weighted by atomic mass is 32.2. The predicted octanol–water partition coefficient (Wildman–Crippen LogP) is 5.22. The lowest BCUT2D eigenvalue weighted by Gasteiger charge is -2.24. The molecule has 1 unspecified atom stereocenters. The summed E-state index contributed by atoms with van der Waals surface area (Å²) >= 11 is 2.36. The van der Waals surface area contributed by atoms with Gasteiger partial charge in [-0.2, -0.15) is 5.26 Å². The number of aryl methyl sites for hydroxylation is 1. The van der Waals surface area contributed by atoms with E-state index in [1.54, 1.807) is 32.1 Å². The first-order valence-corrected chi connectivity index (χ1v) is 15.1. The quantitative estimate of drug-likeness (QED) is 0.194. The van der Waals surface area contributed by atoms with Gasteiger partial charge in [0.2, 0.25) is 0 Å². The average molecular weight is 633 g/mol. The highest BCUT2D eigenvalue weighted by molar-refractivity contribution is 7.98. The van der Waals surface area contributed by atoms with Gasteiger partial charge in [-0.25, -0.2) is 23.6 Å². The molecule has 0 radical (unpaired) electrons. The van der Waals surface area contributed by atoms with Crippen LogP contribution in [0.2, 0.25) is 0 Å². The van der Waals surface area contributed by atoms with Gasteiger partial charge in [0, 0.05) is 11.3 Å². The van der Waals surface area contributed by atoms with Crippen molar-refractivity contribution in [2.75, 3.05) is 14.2 Å². The lowest BCUT2D eigenvalue weighted by molar-refractivity contribution is -0.136. The summed E-state index contributed by atoms with van der Waals surface area (Å²) in [7, 11) is 2.82. The molecule has 1 atom stereocenters. The van der Waals surface area contributed by atoms with Crippen LogP contribution in [0.1, 0.15) is 52.9 Å². The highest BCUT2D eigenvalue weighted by Gasteiger charge is 2.33. The SMILES string of the molecule is COC(=O)C1=C(C)N=c2s/c(=C\c3ccc(OC)c(CSc4nc(C(F)F)cc(C)c4C#N)c3)c(=O)n2C1c1ccccc1. The summed E-state index contributed by atoms with van der Waals surface area (Å²) in [6, 6.07) is 17.2. The van der Waals surface area contributed by atoms with Gasteiger partial charge < -0.3 is 9.47 Å². The van der Waals surface area contributed by atoms with Crippen molar-refractivity contribution < 1.29 is 23.0 Å². The number of methoxy groups -OCH3 is 2. The Labute approximate surface area is 259 Å². The van der Waals surface area contributed by atoms with Crippen LogP contribution in [0, 0.1) is 18.3 Å². The number of thiazole rings is 1. The Morgan fingerprint density at radius 3 is 2.59 bits per heavy atom. The molecule has 2 aromatic heterocycles. The lowest BCUT2D eigenvalue weighted by atomic mass is 9.96. The van der Waals surface area contributed by atoms with Crippen molar-refractivity contribution in [3.8, 4) is 11.8 Å². The Bertz CT molecular complexity index is 2010. The number of nitriles is 1. The van der Waals surface area contributed by atoms with Gasteiger partial charge >= 0.3 is 5.97 Å². The van der Waals surface area contributed by atoms with Crippen molar-refractivity contribution in [2.45, 2.75) is 37.1 Å². The molecule has 12 heteroatoms. The Hall–Kier alpha value is -4.60. The number of hydrogen-bond donors (Lipinski definition) is 0. The van der Waals surface area contributed by atoms with Crippen molar-refractivity contribution >= 4 is 35.1 Å². The topological polar surface area (TPSA) is 107 Å². The van der Waals surface area contributed by atoms with E-state index in [1.165, 1.54) is 36.2 Å². The third-order valence-corrected chi connectivity index (χ3v) is 9.05. The average Bonchev–Trinajstić information content (AvgIpc) is 3.32. The van der Waals surface area contributed by atoms with Crippen LogP contribution in [-0.2, 0) is 15.3 Å². The molecule has 0 spiro atoms. The van der Waals surface area contributed by atoms with Gasteiger partial charge in [-0.05, 0) is 54.8 Å². The van der Waals surface area contributed by atoms with Crippen LogP contribution >= 0.6 is 23.1 Å². The van der Waals surface area contributed by atoms with Crippen LogP contribution in [0.4, 0.5) is 8.78 Å². The van der Waals surface area contributed by atoms with Gasteiger partial charge in [0.05, 0.1) is 41.6 Å². The zero-order chi connectivity index (χ0) is 31.5. The summed E-state index contributed by atoms with van der Waals surface area (Å²) in [6.45, 7) is 3.32. The van der Waals surface area contributed by atoms with E-state index in [-0.39, 0.29) is 33.2 Å². The van der Waals surface area contributed by atoms with E-state index in [2.05, 4.69) is 16.0 Å². The fourth-order valence-corrected chi connectivity index (χ4v) is 7.05. The number of rotatable bonds is 8. The molecule has 0 saturated heterocycles. The Morgan fingerprint density at radius 2 is 1.93 bits per heavy atom. The number of carbonyl (C=O) groups is 1. The molecule has 2 aromatic carbocycles. The second kappa shape index (κ2) is 13.0. The van der Waals surface area contributed by atoms with E-state index in [0.29, 0.717) is 31.9 Å². The number of nitrogens with zero attached hydrogens (tertiary/aromatic N) is 4.